The molecular formula is C10H18N4O. The second-order valence-electron chi connectivity index (χ2n) is 3.47. The molecule has 0 saturated heterocycles. The average molecular weight is 210 g/mol. The van der Waals surface area contributed by atoms with Crippen molar-refractivity contribution in [1.82, 2.24) is 15.4 Å². The van der Waals surface area contributed by atoms with Crippen molar-refractivity contribution in [3.63, 3.8) is 0 Å². The van der Waals surface area contributed by atoms with E-state index in [1.165, 1.54) is 0 Å². The van der Waals surface area contributed by atoms with Crippen LogP contribution in [0, 0.1) is 6.92 Å². The summed E-state index contributed by atoms with van der Waals surface area (Å²) in [6, 6.07) is 0.000694. The molecule has 0 aromatic carbocycles. The van der Waals surface area contributed by atoms with Crippen molar-refractivity contribution in [3.8, 4) is 0 Å². The maximum Gasteiger partial charge on any atom is 0.146 e. The van der Waals surface area contributed by atoms with Gasteiger partial charge in [-0.3, -0.25) is 5.84 Å². The summed E-state index contributed by atoms with van der Waals surface area (Å²) in [6.07, 6.45) is 5.39. The molecule has 5 heteroatoms. The van der Waals surface area contributed by atoms with Gasteiger partial charge in [-0.1, -0.05) is 0 Å². The number of methoxy groups -OCH3 is 1. The zero-order valence-corrected chi connectivity index (χ0v) is 9.23. The lowest BCUT2D eigenvalue weighted by atomic mass is 10.1. The van der Waals surface area contributed by atoms with Crippen LogP contribution >= 0.6 is 0 Å². The highest BCUT2D eigenvalue weighted by Gasteiger charge is 2.11. The van der Waals surface area contributed by atoms with E-state index in [9.17, 15) is 0 Å². The highest BCUT2D eigenvalue weighted by Crippen LogP contribution is 2.12. The normalized spacial score (nSPS) is 12.7. The van der Waals surface area contributed by atoms with Gasteiger partial charge in [0.15, 0.2) is 0 Å². The monoisotopic (exact) mass is 210 g/mol. The Morgan fingerprint density at radius 1 is 1.47 bits per heavy atom. The Morgan fingerprint density at radius 3 is 2.67 bits per heavy atom. The standard InChI is InChI=1S/C10H18N4O/c1-8-6-12-10(13-7-8)9(14-11)4-3-5-15-2/h6-7,9,14H,3-5,11H2,1-2H3. The number of hydrogen-bond donors (Lipinski definition) is 2. The number of nitrogens with one attached hydrogen (secondary N) is 1. The molecule has 1 unspecified atom stereocenters. The smallest absolute Gasteiger partial charge is 0.146 e. The molecule has 1 rings (SSSR count). The minimum absolute atomic E-state index is 0.000694. The minimum Gasteiger partial charge on any atom is -0.385 e. The molecule has 84 valence electrons. The number of hydrogen-bond acceptors (Lipinski definition) is 5. The fourth-order valence-electron chi connectivity index (χ4n) is 1.30. The highest BCUT2D eigenvalue weighted by molar-refractivity contribution is 5.04. The van der Waals surface area contributed by atoms with Gasteiger partial charge in [0.2, 0.25) is 0 Å². The van der Waals surface area contributed by atoms with Crippen LogP contribution in [0.2, 0.25) is 0 Å². The number of aromatic nitrogens is 2. The molecule has 0 amide bonds. The fourth-order valence-corrected chi connectivity index (χ4v) is 1.30. The molecular weight excluding hydrogens is 192 g/mol. The van der Waals surface area contributed by atoms with Crippen LogP contribution in [-0.4, -0.2) is 23.7 Å². The average Bonchev–Trinajstić information content (AvgIpc) is 2.26. The molecule has 1 atom stereocenters. The molecule has 1 aromatic heterocycles. The Morgan fingerprint density at radius 2 is 2.13 bits per heavy atom. The number of rotatable bonds is 6. The Balaban J connectivity index is 2.53. The second kappa shape index (κ2) is 6.44. The summed E-state index contributed by atoms with van der Waals surface area (Å²) in [7, 11) is 1.69. The van der Waals surface area contributed by atoms with Crippen molar-refractivity contribution in [2.45, 2.75) is 25.8 Å². The molecule has 3 N–H and O–H groups in total. The van der Waals surface area contributed by atoms with Crippen LogP contribution in [0.4, 0.5) is 0 Å². The first-order valence-electron chi connectivity index (χ1n) is 5.01. The number of aryl methyl sites for hydroxylation is 1. The van der Waals surface area contributed by atoms with Crippen molar-refractivity contribution in [3.05, 3.63) is 23.8 Å². The predicted molar refractivity (Wildman–Crippen MR) is 57.9 cm³/mol. The largest absolute Gasteiger partial charge is 0.385 e. The van der Waals surface area contributed by atoms with Crippen molar-refractivity contribution < 1.29 is 4.74 Å². The van der Waals surface area contributed by atoms with Crippen molar-refractivity contribution in [2.75, 3.05) is 13.7 Å². The Labute approximate surface area is 90.0 Å². The Kier molecular flexibility index (Phi) is 5.17. The molecule has 1 aromatic rings. The summed E-state index contributed by atoms with van der Waals surface area (Å²) in [5, 5.41) is 0. The summed E-state index contributed by atoms with van der Waals surface area (Å²) in [5.41, 5.74) is 3.76. The van der Waals surface area contributed by atoms with Gasteiger partial charge in [-0.15, -0.1) is 0 Å². The lowest BCUT2D eigenvalue weighted by molar-refractivity contribution is 0.188. The molecule has 5 nitrogen and oxygen atoms in total. The van der Waals surface area contributed by atoms with E-state index >= 15 is 0 Å². The Hall–Kier alpha value is -1.04. The maximum absolute atomic E-state index is 5.45. The molecule has 0 bridgehead atoms. The third-order valence-electron chi connectivity index (χ3n) is 2.16. The number of ether oxygens (including phenoxy) is 1. The van der Waals surface area contributed by atoms with Crippen LogP contribution in [0.15, 0.2) is 12.4 Å². The summed E-state index contributed by atoms with van der Waals surface area (Å²) in [4.78, 5) is 8.47. The Bertz CT molecular complexity index is 275. The molecule has 0 fully saturated rings. The van der Waals surface area contributed by atoms with Crippen LogP contribution in [-0.2, 0) is 4.74 Å². The predicted octanol–water partition coefficient (Wildman–Crippen LogP) is 0.716. The van der Waals surface area contributed by atoms with Gasteiger partial charge in [0, 0.05) is 26.1 Å². The number of hydrazine groups is 1. The molecule has 0 aliphatic rings. The van der Waals surface area contributed by atoms with Crippen LogP contribution in [0.3, 0.4) is 0 Å². The van der Waals surface area contributed by atoms with Gasteiger partial charge in [0.05, 0.1) is 6.04 Å². The van der Waals surface area contributed by atoms with Crippen LogP contribution < -0.4 is 11.3 Å². The van der Waals surface area contributed by atoms with Gasteiger partial charge in [0.1, 0.15) is 5.82 Å². The third-order valence-corrected chi connectivity index (χ3v) is 2.16. The number of nitrogens with zero attached hydrogens (tertiary/aromatic N) is 2. The van der Waals surface area contributed by atoms with Crippen molar-refractivity contribution in [1.29, 1.82) is 0 Å². The summed E-state index contributed by atoms with van der Waals surface area (Å²) >= 11 is 0. The number of nitrogens with two attached hydrogens (primary N) is 1. The highest BCUT2D eigenvalue weighted by atomic mass is 16.5. The molecule has 0 saturated carbocycles. The SMILES string of the molecule is COCCCC(NN)c1ncc(C)cn1. The van der Waals surface area contributed by atoms with Crippen LogP contribution in [0.1, 0.15) is 30.3 Å². The first-order chi connectivity index (χ1) is 7.27. The molecule has 15 heavy (non-hydrogen) atoms. The maximum atomic E-state index is 5.45. The van der Waals surface area contributed by atoms with Gasteiger partial charge in [-0.05, 0) is 25.3 Å². The van der Waals surface area contributed by atoms with Crippen LogP contribution in [0.25, 0.3) is 0 Å². The lowest BCUT2D eigenvalue weighted by Crippen LogP contribution is -2.29. The lowest BCUT2D eigenvalue weighted by Gasteiger charge is -2.13. The van der Waals surface area contributed by atoms with Crippen LogP contribution in [0.5, 0.6) is 0 Å². The topological polar surface area (TPSA) is 73.1 Å². The second-order valence-corrected chi connectivity index (χ2v) is 3.47. The van der Waals surface area contributed by atoms with Crippen molar-refractivity contribution >= 4 is 0 Å². The van der Waals surface area contributed by atoms with Gasteiger partial charge in [0.25, 0.3) is 0 Å². The quantitative estimate of drug-likeness (QED) is 0.411. The van der Waals surface area contributed by atoms with Crippen molar-refractivity contribution in [2.24, 2.45) is 5.84 Å². The van der Waals surface area contributed by atoms with E-state index in [2.05, 4.69) is 15.4 Å². The minimum atomic E-state index is 0.000694. The van der Waals surface area contributed by atoms with E-state index in [-0.39, 0.29) is 6.04 Å². The van der Waals surface area contributed by atoms with Gasteiger partial charge < -0.3 is 4.74 Å². The van der Waals surface area contributed by atoms with Gasteiger partial charge >= 0.3 is 0 Å². The van der Waals surface area contributed by atoms with E-state index in [0.717, 1.165) is 30.8 Å². The molecule has 0 aliphatic carbocycles. The summed E-state index contributed by atoms with van der Waals surface area (Å²) in [6.45, 7) is 2.68. The zero-order chi connectivity index (χ0) is 11.1. The van der Waals surface area contributed by atoms with Gasteiger partial charge in [-0.25, -0.2) is 15.4 Å². The first kappa shape index (κ1) is 12.0. The fraction of sp³-hybridized carbons (Fsp3) is 0.600. The molecule has 0 aliphatic heterocycles. The first-order valence-corrected chi connectivity index (χ1v) is 5.01. The van der Waals surface area contributed by atoms with E-state index < -0.39 is 0 Å². The summed E-state index contributed by atoms with van der Waals surface area (Å²) < 4.78 is 4.98. The summed E-state index contributed by atoms with van der Waals surface area (Å²) in [5.74, 6) is 6.19. The van der Waals surface area contributed by atoms with Gasteiger partial charge in [-0.2, -0.15) is 0 Å². The molecule has 0 spiro atoms. The third kappa shape index (κ3) is 3.91. The molecule has 0 radical (unpaired) electrons. The van der Waals surface area contributed by atoms with E-state index in [4.69, 9.17) is 10.6 Å². The molecule has 1 heterocycles. The van der Waals surface area contributed by atoms with E-state index in [1.807, 2.05) is 6.92 Å². The van der Waals surface area contributed by atoms with E-state index in [0.29, 0.717) is 0 Å². The van der Waals surface area contributed by atoms with E-state index in [1.54, 1.807) is 19.5 Å². The zero-order valence-electron chi connectivity index (χ0n) is 9.23.